The maximum absolute atomic E-state index is 13.2. The van der Waals surface area contributed by atoms with Gasteiger partial charge >= 0.3 is 0 Å². The molecular weight excluding hydrogens is 323 g/mol. The van der Waals surface area contributed by atoms with Crippen molar-refractivity contribution in [2.45, 2.75) is 18.7 Å². The second kappa shape index (κ2) is 6.75. The number of rotatable bonds is 5. The van der Waals surface area contributed by atoms with Crippen molar-refractivity contribution in [3.63, 3.8) is 0 Å². The van der Waals surface area contributed by atoms with Crippen molar-refractivity contribution < 1.29 is 13.9 Å². The van der Waals surface area contributed by atoms with Gasteiger partial charge in [0.25, 0.3) is 0 Å². The number of aryl methyl sites for hydroxylation is 1. The van der Waals surface area contributed by atoms with Crippen LogP contribution in [0, 0.1) is 5.82 Å². The minimum atomic E-state index is -0.278. The van der Waals surface area contributed by atoms with E-state index in [-0.39, 0.29) is 5.82 Å². The second-order valence-corrected chi connectivity index (χ2v) is 4.89. The van der Waals surface area contributed by atoms with E-state index in [4.69, 9.17) is 9.47 Å². The zero-order valence-electron chi connectivity index (χ0n) is 11.5. The third-order valence-corrected chi connectivity index (χ3v) is 3.63. The van der Waals surface area contributed by atoms with Crippen molar-refractivity contribution >= 4 is 15.9 Å². The first kappa shape index (κ1) is 14.9. The van der Waals surface area contributed by atoms with Gasteiger partial charge in [0.15, 0.2) is 11.5 Å². The van der Waals surface area contributed by atoms with Crippen LogP contribution in [0.3, 0.4) is 0 Å². The van der Waals surface area contributed by atoms with Crippen LogP contribution >= 0.6 is 15.9 Å². The average Bonchev–Trinajstić information content (AvgIpc) is 2.49. The van der Waals surface area contributed by atoms with Gasteiger partial charge < -0.3 is 9.47 Å². The SMILES string of the molecule is CCc1ccc(Oc2ccc(F)cc2CBr)c(OC)c1. The van der Waals surface area contributed by atoms with E-state index in [1.807, 2.05) is 18.2 Å². The number of alkyl halides is 1. The summed E-state index contributed by atoms with van der Waals surface area (Å²) in [5.74, 6) is 1.64. The fourth-order valence-electron chi connectivity index (χ4n) is 1.89. The van der Waals surface area contributed by atoms with Crippen molar-refractivity contribution in [1.82, 2.24) is 0 Å². The lowest BCUT2D eigenvalue weighted by Gasteiger charge is -2.13. The lowest BCUT2D eigenvalue weighted by molar-refractivity contribution is 0.377. The summed E-state index contributed by atoms with van der Waals surface area (Å²) in [6.45, 7) is 2.08. The summed E-state index contributed by atoms with van der Waals surface area (Å²) in [6.07, 6.45) is 0.930. The van der Waals surface area contributed by atoms with Crippen molar-refractivity contribution in [1.29, 1.82) is 0 Å². The van der Waals surface area contributed by atoms with E-state index in [1.165, 1.54) is 17.7 Å². The maximum Gasteiger partial charge on any atom is 0.169 e. The van der Waals surface area contributed by atoms with Gasteiger partial charge in [-0.1, -0.05) is 28.9 Å². The Bertz CT molecular complexity index is 599. The van der Waals surface area contributed by atoms with E-state index in [0.717, 1.165) is 12.0 Å². The highest BCUT2D eigenvalue weighted by Gasteiger charge is 2.10. The van der Waals surface area contributed by atoms with E-state index >= 15 is 0 Å². The first-order valence-corrected chi connectivity index (χ1v) is 7.49. The molecule has 0 heterocycles. The minimum Gasteiger partial charge on any atom is -0.493 e. The van der Waals surface area contributed by atoms with Crippen LogP contribution in [-0.4, -0.2) is 7.11 Å². The van der Waals surface area contributed by atoms with Crippen LogP contribution in [0.5, 0.6) is 17.2 Å². The molecule has 0 amide bonds. The number of hydrogen-bond acceptors (Lipinski definition) is 2. The molecule has 0 saturated carbocycles. The van der Waals surface area contributed by atoms with Crippen LogP contribution in [0.2, 0.25) is 0 Å². The topological polar surface area (TPSA) is 18.5 Å². The van der Waals surface area contributed by atoms with E-state index in [0.29, 0.717) is 22.6 Å². The molecule has 2 rings (SSSR count). The first-order valence-electron chi connectivity index (χ1n) is 6.37. The molecule has 0 fully saturated rings. The second-order valence-electron chi connectivity index (χ2n) is 4.33. The minimum absolute atomic E-state index is 0.278. The van der Waals surface area contributed by atoms with E-state index in [1.54, 1.807) is 13.2 Å². The van der Waals surface area contributed by atoms with Gasteiger partial charge in [0, 0.05) is 10.9 Å². The van der Waals surface area contributed by atoms with Crippen LogP contribution < -0.4 is 9.47 Å². The molecule has 0 aromatic heterocycles. The zero-order chi connectivity index (χ0) is 14.5. The predicted octanol–water partition coefficient (Wildman–Crippen LogP) is 5.08. The molecule has 2 aromatic rings. The summed E-state index contributed by atoms with van der Waals surface area (Å²) in [4.78, 5) is 0. The van der Waals surface area contributed by atoms with Gasteiger partial charge in [0.1, 0.15) is 11.6 Å². The summed E-state index contributed by atoms with van der Waals surface area (Å²) < 4.78 is 24.4. The number of benzene rings is 2. The molecule has 0 bridgehead atoms. The van der Waals surface area contributed by atoms with Crippen LogP contribution in [0.15, 0.2) is 36.4 Å². The molecule has 0 radical (unpaired) electrons. The smallest absolute Gasteiger partial charge is 0.169 e. The fourth-order valence-corrected chi connectivity index (χ4v) is 2.32. The Balaban J connectivity index is 2.34. The van der Waals surface area contributed by atoms with Gasteiger partial charge in [-0.25, -0.2) is 4.39 Å². The number of halogens is 2. The summed E-state index contributed by atoms with van der Waals surface area (Å²) >= 11 is 3.34. The standard InChI is InChI=1S/C16H16BrFO2/c1-3-11-4-6-15(16(8-11)19-2)20-14-7-5-13(18)9-12(14)10-17/h4-9H,3,10H2,1-2H3. The van der Waals surface area contributed by atoms with Crippen molar-refractivity contribution in [2.75, 3.05) is 7.11 Å². The highest BCUT2D eigenvalue weighted by molar-refractivity contribution is 9.08. The molecule has 0 unspecified atom stereocenters. The van der Waals surface area contributed by atoms with Gasteiger partial charge in [-0.3, -0.25) is 0 Å². The molecule has 0 spiro atoms. The van der Waals surface area contributed by atoms with Crippen molar-refractivity contribution in [3.8, 4) is 17.2 Å². The molecule has 0 aliphatic heterocycles. The Hall–Kier alpha value is -1.55. The third-order valence-electron chi connectivity index (χ3n) is 3.02. The zero-order valence-corrected chi connectivity index (χ0v) is 13.0. The Labute approximate surface area is 126 Å². The first-order chi connectivity index (χ1) is 9.67. The molecule has 0 atom stereocenters. The summed E-state index contributed by atoms with van der Waals surface area (Å²) in [5.41, 5.74) is 1.93. The van der Waals surface area contributed by atoms with Gasteiger partial charge in [0.2, 0.25) is 0 Å². The van der Waals surface area contributed by atoms with E-state index < -0.39 is 0 Å². The van der Waals surface area contributed by atoms with Crippen LogP contribution in [0.25, 0.3) is 0 Å². The van der Waals surface area contributed by atoms with Crippen molar-refractivity contribution in [2.24, 2.45) is 0 Å². The Morgan fingerprint density at radius 3 is 2.45 bits per heavy atom. The normalized spacial score (nSPS) is 10.4. The molecule has 4 heteroatoms. The van der Waals surface area contributed by atoms with E-state index in [9.17, 15) is 4.39 Å². The summed E-state index contributed by atoms with van der Waals surface area (Å²) in [7, 11) is 1.61. The van der Waals surface area contributed by atoms with Gasteiger partial charge in [-0.15, -0.1) is 0 Å². The highest BCUT2D eigenvalue weighted by Crippen LogP contribution is 2.34. The number of hydrogen-bond donors (Lipinski definition) is 0. The number of ether oxygens (including phenoxy) is 2. The Morgan fingerprint density at radius 2 is 1.80 bits per heavy atom. The molecular formula is C16H16BrFO2. The van der Waals surface area contributed by atoms with Gasteiger partial charge in [-0.05, 0) is 42.3 Å². The lowest BCUT2D eigenvalue weighted by atomic mass is 10.1. The van der Waals surface area contributed by atoms with Gasteiger partial charge in [0.05, 0.1) is 7.11 Å². The monoisotopic (exact) mass is 338 g/mol. The van der Waals surface area contributed by atoms with Crippen LogP contribution in [0.4, 0.5) is 4.39 Å². The predicted molar refractivity (Wildman–Crippen MR) is 81.5 cm³/mol. The molecule has 2 aromatic carbocycles. The van der Waals surface area contributed by atoms with E-state index in [2.05, 4.69) is 22.9 Å². The molecule has 0 aliphatic rings. The van der Waals surface area contributed by atoms with Crippen molar-refractivity contribution in [3.05, 3.63) is 53.3 Å². The lowest BCUT2D eigenvalue weighted by Crippen LogP contribution is -1.95. The third kappa shape index (κ3) is 3.31. The molecule has 0 aliphatic carbocycles. The molecule has 106 valence electrons. The average molecular weight is 339 g/mol. The molecule has 20 heavy (non-hydrogen) atoms. The molecule has 0 N–H and O–H groups in total. The maximum atomic E-state index is 13.2. The highest BCUT2D eigenvalue weighted by atomic mass is 79.9. The van der Waals surface area contributed by atoms with Crippen LogP contribution in [0.1, 0.15) is 18.1 Å². The Morgan fingerprint density at radius 1 is 1.05 bits per heavy atom. The largest absolute Gasteiger partial charge is 0.493 e. The van der Waals surface area contributed by atoms with Crippen LogP contribution in [-0.2, 0) is 11.8 Å². The summed E-state index contributed by atoms with van der Waals surface area (Å²) in [6, 6.07) is 10.3. The Kier molecular flexibility index (Phi) is 5.01. The molecule has 0 saturated heterocycles. The quantitative estimate of drug-likeness (QED) is 0.707. The molecule has 2 nitrogen and oxygen atoms in total. The number of methoxy groups -OCH3 is 1. The fraction of sp³-hybridized carbons (Fsp3) is 0.250. The van der Waals surface area contributed by atoms with Gasteiger partial charge in [-0.2, -0.15) is 0 Å². The summed E-state index contributed by atoms with van der Waals surface area (Å²) in [5, 5.41) is 0.523.